The SMILES string of the molecule is O=C(Cc1cccc(F)c1)Nc1ccc(CC(=O)N2CCOCC2)cc1. The Kier molecular flexibility index (Phi) is 5.96. The summed E-state index contributed by atoms with van der Waals surface area (Å²) >= 11 is 0. The van der Waals surface area contributed by atoms with Gasteiger partial charge in [-0.2, -0.15) is 0 Å². The molecule has 1 aliphatic heterocycles. The van der Waals surface area contributed by atoms with E-state index in [0.717, 1.165) is 5.56 Å². The van der Waals surface area contributed by atoms with Crippen molar-refractivity contribution >= 4 is 17.5 Å². The van der Waals surface area contributed by atoms with Gasteiger partial charge in [0.15, 0.2) is 0 Å². The fraction of sp³-hybridized carbons (Fsp3) is 0.300. The van der Waals surface area contributed by atoms with Crippen molar-refractivity contribution in [2.24, 2.45) is 0 Å². The molecule has 0 radical (unpaired) electrons. The van der Waals surface area contributed by atoms with Gasteiger partial charge < -0.3 is 15.0 Å². The molecule has 0 spiro atoms. The van der Waals surface area contributed by atoms with Crippen molar-refractivity contribution in [3.8, 4) is 0 Å². The smallest absolute Gasteiger partial charge is 0.228 e. The van der Waals surface area contributed by atoms with Crippen LogP contribution in [0, 0.1) is 5.82 Å². The summed E-state index contributed by atoms with van der Waals surface area (Å²) in [4.78, 5) is 26.1. The van der Waals surface area contributed by atoms with Crippen LogP contribution >= 0.6 is 0 Å². The third-order valence-electron chi connectivity index (χ3n) is 4.21. The minimum atomic E-state index is -0.357. The van der Waals surface area contributed by atoms with E-state index in [1.807, 2.05) is 12.1 Å². The van der Waals surface area contributed by atoms with Gasteiger partial charge in [0.05, 0.1) is 26.1 Å². The fourth-order valence-electron chi connectivity index (χ4n) is 2.84. The molecule has 0 bridgehead atoms. The van der Waals surface area contributed by atoms with E-state index in [2.05, 4.69) is 5.32 Å². The molecule has 0 atom stereocenters. The molecular weight excluding hydrogens is 335 g/mol. The Morgan fingerprint density at radius 3 is 2.42 bits per heavy atom. The van der Waals surface area contributed by atoms with E-state index in [0.29, 0.717) is 44.0 Å². The second-order valence-corrected chi connectivity index (χ2v) is 6.22. The number of amides is 2. The number of rotatable bonds is 5. The summed E-state index contributed by atoms with van der Waals surface area (Å²) in [5.41, 5.74) is 2.16. The Hall–Kier alpha value is -2.73. The van der Waals surface area contributed by atoms with Crippen molar-refractivity contribution < 1.29 is 18.7 Å². The van der Waals surface area contributed by atoms with E-state index in [4.69, 9.17) is 4.74 Å². The Morgan fingerprint density at radius 2 is 1.73 bits per heavy atom. The summed E-state index contributed by atoms with van der Waals surface area (Å²) in [6, 6.07) is 13.2. The highest BCUT2D eigenvalue weighted by Crippen LogP contribution is 2.13. The summed E-state index contributed by atoms with van der Waals surface area (Å²) in [6.45, 7) is 2.43. The van der Waals surface area contributed by atoms with Crippen molar-refractivity contribution in [2.75, 3.05) is 31.6 Å². The third kappa shape index (κ3) is 5.13. The number of halogens is 1. The number of nitrogens with one attached hydrogen (secondary N) is 1. The van der Waals surface area contributed by atoms with Crippen LogP contribution in [0.5, 0.6) is 0 Å². The molecule has 1 N–H and O–H groups in total. The van der Waals surface area contributed by atoms with Crippen molar-refractivity contribution in [3.63, 3.8) is 0 Å². The van der Waals surface area contributed by atoms with Gasteiger partial charge in [0.25, 0.3) is 0 Å². The van der Waals surface area contributed by atoms with E-state index in [1.54, 1.807) is 29.2 Å². The van der Waals surface area contributed by atoms with Crippen LogP contribution in [0.3, 0.4) is 0 Å². The number of ether oxygens (including phenoxy) is 1. The van der Waals surface area contributed by atoms with Gasteiger partial charge in [0, 0.05) is 18.8 Å². The molecule has 2 aromatic carbocycles. The summed E-state index contributed by atoms with van der Waals surface area (Å²) < 4.78 is 18.4. The first kappa shape index (κ1) is 18.1. The zero-order valence-electron chi connectivity index (χ0n) is 14.4. The fourth-order valence-corrected chi connectivity index (χ4v) is 2.84. The second kappa shape index (κ2) is 8.58. The van der Waals surface area contributed by atoms with Gasteiger partial charge in [0.1, 0.15) is 5.82 Å². The summed E-state index contributed by atoms with van der Waals surface area (Å²) in [5, 5.41) is 2.78. The van der Waals surface area contributed by atoms with Gasteiger partial charge in [-0.1, -0.05) is 24.3 Å². The van der Waals surface area contributed by atoms with Gasteiger partial charge in [-0.15, -0.1) is 0 Å². The molecule has 2 amide bonds. The predicted molar refractivity (Wildman–Crippen MR) is 96.3 cm³/mol. The minimum Gasteiger partial charge on any atom is -0.378 e. The Bertz CT molecular complexity index is 771. The zero-order valence-corrected chi connectivity index (χ0v) is 14.4. The number of carbonyl (C=O) groups is 2. The van der Waals surface area contributed by atoms with Gasteiger partial charge in [-0.25, -0.2) is 4.39 Å². The summed E-state index contributed by atoms with van der Waals surface area (Å²) in [7, 11) is 0. The number of morpholine rings is 1. The number of benzene rings is 2. The molecule has 0 aliphatic carbocycles. The van der Waals surface area contributed by atoms with E-state index in [-0.39, 0.29) is 24.1 Å². The summed E-state index contributed by atoms with van der Waals surface area (Å²) in [6.07, 6.45) is 0.437. The molecule has 5 nitrogen and oxygen atoms in total. The van der Waals surface area contributed by atoms with Crippen LogP contribution in [0.2, 0.25) is 0 Å². The average Bonchev–Trinajstić information content (AvgIpc) is 2.64. The lowest BCUT2D eigenvalue weighted by Crippen LogP contribution is -2.41. The van der Waals surface area contributed by atoms with Crippen LogP contribution in [0.1, 0.15) is 11.1 Å². The molecule has 3 rings (SSSR count). The van der Waals surface area contributed by atoms with Crippen LogP contribution in [0.4, 0.5) is 10.1 Å². The lowest BCUT2D eigenvalue weighted by molar-refractivity contribution is -0.134. The maximum atomic E-state index is 13.2. The maximum Gasteiger partial charge on any atom is 0.228 e. The van der Waals surface area contributed by atoms with E-state index in [9.17, 15) is 14.0 Å². The maximum absolute atomic E-state index is 13.2. The molecule has 1 heterocycles. The van der Waals surface area contributed by atoms with Gasteiger partial charge in [0.2, 0.25) is 11.8 Å². The lowest BCUT2D eigenvalue weighted by Gasteiger charge is -2.26. The molecule has 0 aromatic heterocycles. The highest BCUT2D eigenvalue weighted by Gasteiger charge is 2.16. The van der Waals surface area contributed by atoms with Crippen LogP contribution < -0.4 is 5.32 Å². The number of carbonyl (C=O) groups excluding carboxylic acids is 2. The molecule has 1 fully saturated rings. The van der Waals surface area contributed by atoms with Crippen LogP contribution in [-0.2, 0) is 27.2 Å². The van der Waals surface area contributed by atoms with Gasteiger partial charge >= 0.3 is 0 Å². The number of nitrogens with zero attached hydrogens (tertiary/aromatic N) is 1. The van der Waals surface area contributed by atoms with E-state index >= 15 is 0 Å². The van der Waals surface area contributed by atoms with Crippen LogP contribution in [0.15, 0.2) is 48.5 Å². The standard InChI is InChI=1S/C20H21FN2O3/c21-17-3-1-2-16(12-17)13-19(24)22-18-6-4-15(5-7-18)14-20(25)23-8-10-26-11-9-23/h1-7,12H,8-11,13-14H2,(H,22,24). The quantitative estimate of drug-likeness (QED) is 0.895. The largest absolute Gasteiger partial charge is 0.378 e. The van der Waals surface area contributed by atoms with Crippen LogP contribution in [0.25, 0.3) is 0 Å². The number of hydrogen-bond acceptors (Lipinski definition) is 3. The van der Waals surface area contributed by atoms with E-state index in [1.165, 1.54) is 12.1 Å². The molecule has 136 valence electrons. The van der Waals surface area contributed by atoms with Crippen molar-refractivity contribution in [1.82, 2.24) is 4.90 Å². The molecule has 6 heteroatoms. The average molecular weight is 356 g/mol. The minimum absolute atomic E-state index is 0.0798. The normalized spacial score (nSPS) is 14.1. The number of anilines is 1. The third-order valence-corrected chi connectivity index (χ3v) is 4.21. The Balaban J connectivity index is 1.52. The molecule has 26 heavy (non-hydrogen) atoms. The number of hydrogen-bond donors (Lipinski definition) is 1. The first-order valence-corrected chi connectivity index (χ1v) is 8.59. The Morgan fingerprint density at radius 1 is 1.00 bits per heavy atom. The van der Waals surface area contributed by atoms with Crippen molar-refractivity contribution in [2.45, 2.75) is 12.8 Å². The zero-order chi connectivity index (χ0) is 18.4. The Labute approximate surface area is 151 Å². The molecule has 2 aromatic rings. The monoisotopic (exact) mass is 356 g/mol. The second-order valence-electron chi connectivity index (χ2n) is 6.22. The molecule has 1 aliphatic rings. The lowest BCUT2D eigenvalue weighted by atomic mass is 10.1. The molecule has 0 unspecified atom stereocenters. The van der Waals surface area contributed by atoms with Crippen LogP contribution in [-0.4, -0.2) is 43.0 Å². The van der Waals surface area contributed by atoms with Gasteiger partial charge in [-0.05, 0) is 35.4 Å². The van der Waals surface area contributed by atoms with Gasteiger partial charge in [-0.3, -0.25) is 9.59 Å². The molecule has 1 saturated heterocycles. The van der Waals surface area contributed by atoms with E-state index < -0.39 is 0 Å². The highest BCUT2D eigenvalue weighted by molar-refractivity contribution is 5.92. The molecule has 0 saturated carbocycles. The van der Waals surface area contributed by atoms with Crippen molar-refractivity contribution in [1.29, 1.82) is 0 Å². The van der Waals surface area contributed by atoms with Crippen molar-refractivity contribution in [3.05, 3.63) is 65.5 Å². The highest BCUT2D eigenvalue weighted by atomic mass is 19.1. The first-order valence-electron chi connectivity index (χ1n) is 8.59. The predicted octanol–water partition coefficient (Wildman–Crippen LogP) is 2.41. The first-order chi connectivity index (χ1) is 12.6. The topological polar surface area (TPSA) is 58.6 Å². The molecular formula is C20H21FN2O3. The summed E-state index contributed by atoms with van der Waals surface area (Å²) in [5.74, 6) is -0.492.